The number of quaternary nitrogens is 1. The van der Waals surface area contributed by atoms with Crippen LogP contribution >= 0.6 is 24.4 Å². The van der Waals surface area contributed by atoms with Crippen LogP contribution in [-0.4, -0.2) is 37.4 Å². The van der Waals surface area contributed by atoms with E-state index in [0.29, 0.717) is 10.2 Å². The second kappa shape index (κ2) is 9.46. The van der Waals surface area contributed by atoms with Crippen LogP contribution in [0.25, 0.3) is 0 Å². The van der Waals surface area contributed by atoms with Gasteiger partial charge in [-0.1, -0.05) is 18.2 Å². The van der Waals surface area contributed by atoms with Crippen LogP contribution in [0.4, 0.5) is 5.69 Å². The molecule has 0 saturated heterocycles. The lowest BCUT2D eigenvalue weighted by Crippen LogP contribution is -3.05. The minimum Gasteiger partial charge on any atom is -0.361 e. The van der Waals surface area contributed by atoms with Gasteiger partial charge in [0.05, 0.1) is 20.6 Å². The van der Waals surface area contributed by atoms with Gasteiger partial charge in [0.15, 0.2) is 10.2 Å². The highest BCUT2D eigenvalue weighted by molar-refractivity contribution is 7.80. The van der Waals surface area contributed by atoms with Crippen LogP contribution in [-0.2, 0) is 0 Å². The molecule has 0 bridgehead atoms. The molecule has 1 aromatic carbocycles. The highest BCUT2D eigenvalue weighted by Crippen LogP contribution is 2.03. The first-order chi connectivity index (χ1) is 9.58. The molecule has 0 aliphatic rings. The van der Waals surface area contributed by atoms with Gasteiger partial charge in [0.25, 0.3) is 0 Å². The molecule has 5 N–H and O–H groups in total. The molecule has 0 aliphatic heterocycles. The number of anilines is 1. The summed E-state index contributed by atoms with van der Waals surface area (Å²) in [4.78, 5) is 1.43. The van der Waals surface area contributed by atoms with Crippen molar-refractivity contribution < 1.29 is 4.90 Å². The van der Waals surface area contributed by atoms with Crippen molar-refractivity contribution in [1.82, 2.24) is 16.2 Å². The molecule has 0 aliphatic carbocycles. The molecule has 0 amide bonds. The Labute approximate surface area is 131 Å². The highest BCUT2D eigenvalue weighted by Gasteiger charge is 1.99. The maximum atomic E-state index is 5.15. The smallest absolute Gasteiger partial charge is 0.189 e. The molecule has 0 atom stereocenters. The van der Waals surface area contributed by atoms with E-state index in [1.807, 2.05) is 30.3 Å². The number of hydrogen-bond acceptors (Lipinski definition) is 2. The second-order valence-corrected chi connectivity index (χ2v) is 5.45. The average Bonchev–Trinajstić information content (AvgIpc) is 2.42. The van der Waals surface area contributed by atoms with Crippen LogP contribution in [0.2, 0.25) is 0 Å². The first kappa shape index (κ1) is 16.6. The van der Waals surface area contributed by atoms with E-state index < -0.39 is 0 Å². The van der Waals surface area contributed by atoms with E-state index in [9.17, 15) is 0 Å². The summed E-state index contributed by atoms with van der Waals surface area (Å²) >= 11 is 10.3. The summed E-state index contributed by atoms with van der Waals surface area (Å²) in [5.74, 6) is 0. The van der Waals surface area contributed by atoms with Crippen molar-refractivity contribution in [1.29, 1.82) is 0 Å². The molecule has 110 valence electrons. The summed E-state index contributed by atoms with van der Waals surface area (Å²) in [6, 6.07) is 9.71. The number of thiocarbonyl (C=S) groups is 2. The molecule has 1 aromatic rings. The van der Waals surface area contributed by atoms with Crippen molar-refractivity contribution in [3.05, 3.63) is 30.3 Å². The van der Waals surface area contributed by atoms with Gasteiger partial charge in [-0.3, -0.25) is 10.9 Å². The van der Waals surface area contributed by atoms with Crippen molar-refractivity contribution in [3.63, 3.8) is 0 Å². The molecule has 0 heterocycles. The first-order valence-corrected chi connectivity index (χ1v) is 7.34. The zero-order chi connectivity index (χ0) is 14.8. The number of benzene rings is 1. The molecule has 0 fully saturated rings. The number of hydrazine groups is 1. The monoisotopic (exact) mass is 312 g/mol. The maximum absolute atomic E-state index is 5.15. The molecule has 5 nitrogen and oxygen atoms in total. The van der Waals surface area contributed by atoms with E-state index >= 15 is 0 Å². The first-order valence-electron chi connectivity index (χ1n) is 6.53. The Balaban J connectivity index is 2.13. The number of rotatable bonds is 5. The van der Waals surface area contributed by atoms with Gasteiger partial charge in [0, 0.05) is 18.7 Å². The maximum Gasteiger partial charge on any atom is 0.189 e. The molecule has 0 saturated carbocycles. The third-order valence-corrected chi connectivity index (χ3v) is 2.91. The van der Waals surface area contributed by atoms with Crippen molar-refractivity contribution >= 4 is 40.3 Å². The summed E-state index contributed by atoms with van der Waals surface area (Å²) in [5, 5.41) is 7.17. The lowest BCUT2D eigenvalue weighted by Gasteiger charge is -2.14. The van der Waals surface area contributed by atoms with Gasteiger partial charge in [-0.25, -0.2) is 0 Å². The van der Waals surface area contributed by atoms with Crippen molar-refractivity contribution in [3.8, 4) is 0 Å². The van der Waals surface area contributed by atoms with E-state index in [-0.39, 0.29) is 0 Å². The molecule has 0 radical (unpaired) electrons. The molecule has 0 aromatic heterocycles. The fraction of sp³-hybridized carbons (Fsp3) is 0.385. The number of nitrogens with one attached hydrogen (secondary N) is 5. The van der Waals surface area contributed by atoms with Crippen LogP contribution in [0.3, 0.4) is 0 Å². The van der Waals surface area contributed by atoms with Crippen LogP contribution in [0, 0.1) is 0 Å². The number of para-hydroxylation sites is 1. The van der Waals surface area contributed by atoms with E-state index in [1.165, 1.54) is 4.90 Å². The van der Waals surface area contributed by atoms with Crippen molar-refractivity contribution in [2.24, 2.45) is 0 Å². The predicted octanol–water partition coefficient (Wildman–Crippen LogP) is -0.113. The van der Waals surface area contributed by atoms with Gasteiger partial charge in [-0.05, 0) is 36.6 Å². The zero-order valence-corrected chi connectivity index (χ0v) is 13.5. The summed E-state index contributed by atoms with van der Waals surface area (Å²) in [6.45, 7) is 1.95. The van der Waals surface area contributed by atoms with Gasteiger partial charge < -0.3 is 15.5 Å². The van der Waals surface area contributed by atoms with E-state index in [1.54, 1.807) is 0 Å². The Morgan fingerprint density at radius 2 is 1.70 bits per heavy atom. The Kier molecular flexibility index (Phi) is 7.86. The van der Waals surface area contributed by atoms with Crippen LogP contribution < -0.4 is 26.4 Å². The predicted molar refractivity (Wildman–Crippen MR) is 91.8 cm³/mol. The summed E-state index contributed by atoms with van der Waals surface area (Å²) < 4.78 is 0. The van der Waals surface area contributed by atoms with E-state index in [2.05, 4.69) is 35.6 Å². The molecule has 20 heavy (non-hydrogen) atoms. The quantitative estimate of drug-likeness (QED) is 0.297. The molecule has 1 rings (SSSR count). The van der Waals surface area contributed by atoms with Gasteiger partial charge in [-0.15, -0.1) is 0 Å². The Hall–Kier alpha value is -1.44. The zero-order valence-electron chi connectivity index (χ0n) is 11.8. The Morgan fingerprint density at radius 1 is 1.05 bits per heavy atom. The van der Waals surface area contributed by atoms with Gasteiger partial charge in [0.1, 0.15) is 0 Å². The Bertz CT molecular complexity index is 422. The summed E-state index contributed by atoms with van der Waals surface area (Å²) in [5.41, 5.74) is 6.62. The fourth-order valence-corrected chi connectivity index (χ4v) is 1.81. The van der Waals surface area contributed by atoms with Crippen LogP contribution in [0.5, 0.6) is 0 Å². The molecule has 7 heteroatoms. The van der Waals surface area contributed by atoms with Crippen LogP contribution in [0.15, 0.2) is 30.3 Å². The standard InChI is InChI=1S/C13H21N5S2/c1-18(2)10-6-9-14-12(19)16-17-13(20)15-11-7-4-3-5-8-11/h3-5,7-8H,6,9-10H2,1-2H3,(H2,14,16,19)(H2,15,17,20)/p+1. The normalized spacial score (nSPS) is 9.95. The van der Waals surface area contributed by atoms with Gasteiger partial charge >= 0.3 is 0 Å². The van der Waals surface area contributed by atoms with Crippen molar-refractivity contribution in [2.45, 2.75) is 6.42 Å². The second-order valence-electron chi connectivity index (χ2n) is 4.64. The lowest BCUT2D eigenvalue weighted by molar-refractivity contribution is -0.858. The number of hydrogen-bond donors (Lipinski definition) is 5. The third-order valence-electron chi connectivity index (χ3n) is 2.46. The molecular formula is C13H22N5S2+. The van der Waals surface area contributed by atoms with E-state index in [0.717, 1.165) is 25.2 Å². The van der Waals surface area contributed by atoms with Gasteiger partial charge in [-0.2, -0.15) is 0 Å². The minimum atomic E-state index is 0.470. The van der Waals surface area contributed by atoms with Crippen molar-refractivity contribution in [2.75, 3.05) is 32.5 Å². The molecular weight excluding hydrogens is 290 g/mol. The topological polar surface area (TPSA) is 52.6 Å². The summed E-state index contributed by atoms with van der Waals surface area (Å²) in [7, 11) is 4.26. The van der Waals surface area contributed by atoms with E-state index in [4.69, 9.17) is 24.4 Å². The SMILES string of the molecule is C[NH+](C)CCCNC(=S)NNC(=S)Nc1ccccc1. The molecule has 0 spiro atoms. The highest BCUT2D eigenvalue weighted by atomic mass is 32.1. The summed E-state index contributed by atoms with van der Waals surface area (Å²) in [6.07, 6.45) is 1.07. The van der Waals surface area contributed by atoms with Gasteiger partial charge in [0.2, 0.25) is 0 Å². The largest absolute Gasteiger partial charge is 0.361 e. The third kappa shape index (κ3) is 7.88. The lowest BCUT2D eigenvalue weighted by atomic mass is 10.3. The average molecular weight is 312 g/mol. The van der Waals surface area contributed by atoms with Crippen LogP contribution in [0.1, 0.15) is 6.42 Å². The molecule has 0 unspecified atom stereocenters. The fourth-order valence-electron chi connectivity index (χ4n) is 1.49. The Morgan fingerprint density at radius 3 is 2.35 bits per heavy atom. The minimum absolute atomic E-state index is 0.470.